The van der Waals surface area contributed by atoms with Gasteiger partial charge in [-0.15, -0.1) is 0 Å². The van der Waals surface area contributed by atoms with Gasteiger partial charge in [-0.25, -0.2) is 9.18 Å². The molecule has 0 radical (unpaired) electrons. The molecule has 1 aromatic carbocycles. The van der Waals surface area contributed by atoms with Crippen molar-refractivity contribution in [2.75, 3.05) is 25.6 Å². The quantitative estimate of drug-likeness (QED) is 0.829. The molecule has 0 aliphatic rings. The van der Waals surface area contributed by atoms with Crippen LogP contribution in [0.2, 0.25) is 5.02 Å². The molecule has 0 aliphatic carbocycles. The van der Waals surface area contributed by atoms with Gasteiger partial charge in [-0.2, -0.15) is 0 Å². The van der Waals surface area contributed by atoms with Gasteiger partial charge in [0.25, 0.3) is 5.91 Å². The summed E-state index contributed by atoms with van der Waals surface area (Å²) < 4.78 is 22.4. The van der Waals surface area contributed by atoms with Crippen molar-refractivity contribution in [3.8, 4) is 0 Å². The fourth-order valence-electron chi connectivity index (χ4n) is 1.08. The average Bonchev–Trinajstić information content (AvgIpc) is 2.31. The number of carbonyl (C=O) groups is 2. The van der Waals surface area contributed by atoms with Gasteiger partial charge in [0.05, 0.1) is 5.69 Å². The van der Waals surface area contributed by atoms with Gasteiger partial charge in [0.15, 0.2) is 6.61 Å². The Morgan fingerprint density at radius 2 is 2.11 bits per heavy atom. The highest BCUT2D eigenvalue weighted by atomic mass is 35.5. The molecule has 18 heavy (non-hydrogen) atoms. The van der Waals surface area contributed by atoms with Crippen LogP contribution in [0.15, 0.2) is 18.2 Å². The van der Waals surface area contributed by atoms with E-state index >= 15 is 0 Å². The number of nitrogens with one attached hydrogen (secondary N) is 1. The summed E-state index contributed by atoms with van der Waals surface area (Å²) in [5.41, 5.74) is -0.0350. The van der Waals surface area contributed by atoms with Crippen molar-refractivity contribution in [2.24, 2.45) is 0 Å². The van der Waals surface area contributed by atoms with Gasteiger partial charge in [0.2, 0.25) is 0 Å². The predicted molar refractivity (Wildman–Crippen MR) is 62.9 cm³/mol. The van der Waals surface area contributed by atoms with Crippen LogP contribution >= 0.6 is 11.6 Å². The number of hydrogen-bond acceptors (Lipinski definition) is 4. The van der Waals surface area contributed by atoms with Gasteiger partial charge < -0.3 is 14.8 Å². The summed E-state index contributed by atoms with van der Waals surface area (Å²) in [6.45, 7) is -0.757. The second kappa shape index (κ2) is 6.93. The molecule has 0 saturated heterocycles. The molecule has 1 rings (SSSR count). The van der Waals surface area contributed by atoms with Crippen LogP contribution in [0.4, 0.5) is 10.1 Å². The highest BCUT2D eigenvalue weighted by Gasteiger charge is 2.10. The Kier molecular flexibility index (Phi) is 5.54. The summed E-state index contributed by atoms with van der Waals surface area (Å²) in [4.78, 5) is 22.2. The summed E-state index contributed by atoms with van der Waals surface area (Å²) in [6.07, 6.45) is 0. The third-order valence-corrected chi connectivity index (χ3v) is 2.07. The van der Waals surface area contributed by atoms with Crippen LogP contribution < -0.4 is 5.32 Å². The van der Waals surface area contributed by atoms with Gasteiger partial charge in [0.1, 0.15) is 12.4 Å². The number of halogens is 2. The Hall–Kier alpha value is -1.66. The van der Waals surface area contributed by atoms with Crippen LogP contribution in [-0.4, -0.2) is 32.2 Å². The second-order valence-corrected chi connectivity index (χ2v) is 3.70. The number of hydrogen-bond donors (Lipinski definition) is 1. The SMILES string of the molecule is COCC(=O)OCC(=O)Nc1ccc(Cl)cc1F. The molecule has 0 aromatic heterocycles. The van der Waals surface area contributed by atoms with Crippen LogP contribution in [0.25, 0.3) is 0 Å². The minimum atomic E-state index is -0.677. The minimum absolute atomic E-state index is 0.0350. The maximum Gasteiger partial charge on any atom is 0.332 e. The molecule has 0 unspecified atom stereocenters. The van der Waals surface area contributed by atoms with E-state index in [1.807, 2.05) is 0 Å². The molecule has 0 aliphatic heterocycles. The lowest BCUT2D eigenvalue weighted by molar-refractivity contribution is -0.150. The first-order chi connectivity index (χ1) is 8.52. The number of ether oxygens (including phenoxy) is 2. The maximum atomic E-state index is 13.3. The third-order valence-electron chi connectivity index (χ3n) is 1.83. The maximum absolute atomic E-state index is 13.3. The summed E-state index contributed by atoms with van der Waals surface area (Å²) in [5.74, 6) is -2.00. The third kappa shape index (κ3) is 4.68. The summed E-state index contributed by atoms with van der Waals surface area (Å²) >= 11 is 5.56. The summed E-state index contributed by atoms with van der Waals surface area (Å²) in [7, 11) is 1.32. The number of esters is 1. The van der Waals surface area contributed by atoms with E-state index in [9.17, 15) is 14.0 Å². The smallest absolute Gasteiger partial charge is 0.332 e. The lowest BCUT2D eigenvalue weighted by atomic mass is 10.3. The number of carbonyl (C=O) groups excluding carboxylic acids is 2. The van der Waals surface area contributed by atoms with E-state index in [4.69, 9.17) is 11.6 Å². The number of methoxy groups -OCH3 is 1. The lowest BCUT2D eigenvalue weighted by Gasteiger charge is -2.07. The van der Waals surface area contributed by atoms with Crippen LogP contribution in [0.5, 0.6) is 0 Å². The van der Waals surface area contributed by atoms with Crippen LogP contribution in [-0.2, 0) is 19.1 Å². The van der Waals surface area contributed by atoms with Crippen LogP contribution in [0.3, 0.4) is 0 Å². The van der Waals surface area contributed by atoms with E-state index in [0.29, 0.717) is 0 Å². The van der Waals surface area contributed by atoms with E-state index in [1.165, 1.54) is 19.2 Å². The van der Waals surface area contributed by atoms with Crippen molar-refractivity contribution in [3.63, 3.8) is 0 Å². The minimum Gasteiger partial charge on any atom is -0.454 e. The molecular formula is C11H11ClFNO4. The van der Waals surface area contributed by atoms with Crippen molar-refractivity contribution in [3.05, 3.63) is 29.0 Å². The highest BCUT2D eigenvalue weighted by molar-refractivity contribution is 6.30. The summed E-state index contributed by atoms with van der Waals surface area (Å²) in [6, 6.07) is 3.80. The van der Waals surface area contributed by atoms with Crippen molar-refractivity contribution < 1.29 is 23.5 Å². The Morgan fingerprint density at radius 1 is 1.39 bits per heavy atom. The van der Waals surface area contributed by atoms with E-state index < -0.39 is 24.3 Å². The second-order valence-electron chi connectivity index (χ2n) is 3.27. The zero-order chi connectivity index (χ0) is 13.5. The molecule has 0 atom stereocenters. The Balaban J connectivity index is 2.47. The normalized spacial score (nSPS) is 9.94. The van der Waals surface area contributed by atoms with Gasteiger partial charge in [-0.05, 0) is 18.2 Å². The van der Waals surface area contributed by atoms with E-state index in [0.717, 1.165) is 6.07 Å². The zero-order valence-corrected chi connectivity index (χ0v) is 10.3. The monoisotopic (exact) mass is 275 g/mol. The molecule has 0 spiro atoms. The average molecular weight is 276 g/mol. The molecule has 5 nitrogen and oxygen atoms in total. The molecule has 0 bridgehead atoms. The Labute approximate surface area is 108 Å². The number of rotatable bonds is 5. The van der Waals surface area contributed by atoms with Crippen molar-refractivity contribution in [1.29, 1.82) is 0 Å². The topological polar surface area (TPSA) is 64.6 Å². The Morgan fingerprint density at radius 3 is 2.72 bits per heavy atom. The first-order valence-corrected chi connectivity index (χ1v) is 5.30. The van der Waals surface area contributed by atoms with Gasteiger partial charge in [-0.1, -0.05) is 11.6 Å². The number of benzene rings is 1. The Bertz CT molecular complexity index is 453. The molecule has 98 valence electrons. The molecule has 0 saturated carbocycles. The standard InChI is InChI=1S/C11H11ClFNO4/c1-17-6-11(16)18-5-10(15)14-9-3-2-7(12)4-8(9)13/h2-4H,5-6H2,1H3,(H,14,15). The van der Waals surface area contributed by atoms with Gasteiger partial charge in [0, 0.05) is 12.1 Å². The zero-order valence-electron chi connectivity index (χ0n) is 9.54. The lowest BCUT2D eigenvalue weighted by Crippen LogP contribution is -2.23. The fourth-order valence-corrected chi connectivity index (χ4v) is 1.24. The number of amides is 1. The largest absolute Gasteiger partial charge is 0.454 e. The van der Waals surface area contributed by atoms with Gasteiger partial charge >= 0.3 is 5.97 Å². The van der Waals surface area contributed by atoms with E-state index in [-0.39, 0.29) is 17.3 Å². The van der Waals surface area contributed by atoms with Crippen molar-refractivity contribution >= 4 is 29.2 Å². The van der Waals surface area contributed by atoms with Crippen LogP contribution in [0, 0.1) is 5.82 Å². The van der Waals surface area contributed by atoms with E-state index in [1.54, 1.807) is 0 Å². The highest BCUT2D eigenvalue weighted by Crippen LogP contribution is 2.18. The molecular weight excluding hydrogens is 265 g/mol. The molecule has 1 N–H and O–H groups in total. The molecule has 0 fully saturated rings. The molecule has 1 aromatic rings. The predicted octanol–water partition coefficient (Wildman–Crippen LogP) is 1.61. The summed E-state index contributed by atoms with van der Waals surface area (Å²) in [5, 5.41) is 2.46. The first kappa shape index (κ1) is 14.4. The van der Waals surface area contributed by atoms with Crippen molar-refractivity contribution in [1.82, 2.24) is 0 Å². The van der Waals surface area contributed by atoms with Crippen molar-refractivity contribution in [2.45, 2.75) is 0 Å². The van der Waals surface area contributed by atoms with Gasteiger partial charge in [-0.3, -0.25) is 4.79 Å². The molecule has 7 heteroatoms. The fraction of sp³-hybridized carbons (Fsp3) is 0.273. The van der Waals surface area contributed by atoms with E-state index in [2.05, 4.69) is 14.8 Å². The molecule has 0 heterocycles. The van der Waals surface area contributed by atoms with Crippen LogP contribution in [0.1, 0.15) is 0 Å². The molecule has 1 amide bonds. The first-order valence-electron chi connectivity index (χ1n) is 4.92. The number of anilines is 1.